The van der Waals surface area contributed by atoms with Crippen molar-refractivity contribution in [2.45, 2.75) is 13.5 Å². The van der Waals surface area contributed by atoms with Crippen LogP contribution in [-0.2, 0) is 11.3 Å². The summed E-state index contributed by atoms with van der Waals surface area (Å²) >= 11 is 1.56. The normalized spacial score (nSPS) is 10.8. The molecule has 0 amide bonds. The van der Waals surface area contributed by atoms with E-state index < -0.39 is 0 Å². The number of benzene rings is 3. The van der Waals surface area contributed by atoms with Crippen molar-refractivity contribution in [1.29, 1.82) is 0 Å². The number of ether oxygens (including phenoxy) is 3. The molecule has 0 saturated heterocycles. The van der Waals surface area contributed by atoms with E-state index in [2.05, 4.69) is 4.98 Å². The molecule has 0 aliphatic carbocycles. The summed E-state index contributed by atoms with van der Waals surface area (Å²) in [6, 6.07) is 19.0. The van der Waals surface area contributed by atoms with Gasteiger partial charge in [-0.2, -0.15) is 0 Å². The Morgan fingerprint density at radius 3 is 2.43 bits per heavy atom. The predicted octanol–water partition coefficient (Wildman–Crippen LogP) is 5.65. The Labute approximate surface area is 178 Å². The average molecular weight is 420 g/mol. The molecule has 6 heteroatoms. The maximum atomic E-state index is 12.9. The van der Waals surface area contributed by atoms with Crippen molar-refractivity contribution in [1.82, 2.24) is 4.98 Å². The van der Waals surface area contributed by atoms with Crippen LogP contribution < -0.4 is 9.47 Å². The van der Waals surface area contributed by atoms with E-state index in [9.17, 15) is 4.79 Å². The zero-order chi connectivity index (χ0) is 21.1. The van der Waals surface area contributed by atoms with Crippen molar-refractivity contribution >= 4 is 27.5 Å². The molecule has 4 aromatic rings. The highest BCUT2D eigenvalue weighted by Gasteiger charge is 2.18. The van der Waals surface area contributed by atoms with Gasteiger partial charge >= 0.3 is 5.97 Å². The summed E-state index contributed by atoms with van der Waals surface area (Å²) in [6.45, 7) is 2.08. The van der Waals surface area contributed by atoms with Crippen molar-refractivity contribution in [3.8, 4) is 22.1 Å². The topological polar surface area (TPSA) is 57.7 Å². The number of aromatic nitrogens is 1. The van der Waals surface area contributed by atoms with E-state index >= 15 is 0 Å². The van der Waals surface area contributed by atoms with Crippen LogP contribution in [0.1, 0.15) is 21.5 Å². The molecular weight excluding hydrogens is 398 g/mol. The number of esters is 1. The summed E-state index contributed by atoms with van der Waals surface area (Å²) in [6.07, 6.45) is 0. The van der Waals surface area contributed by atoms with Crippen molar-refractivity contribution in [3.05, 3.63) is 77.4 Å². The van der Waals surface area contributed by atoms with Gasteiger partial charge in [0, 0.05) is 5.56 Å². The van der Waals surface area contributed by atoms with Crippen LogP contribution >= 0.6 is 11.3 Å². The van der Waals surface area contributed by atoms with Gasteiger partial charge in [0.25, 0.3) is 0 Å². The fourth-order valence-corrected chi connectivity index (χ4v) is 4.24. The molecule has 0 N–H and O–H groups in total. The summed E-state index contributed by atoms with van der Waals surface area (Å²) in [5, 5.41) is 0.797. The number of fused-ring (bicyclic) bond motifs is 1. The number of thiazole rings is 1. The van der Waals surface area contributed by atoms with Crippen LogP contribution in [0.5, 0.6) is 11.5 Å². The van der Waals surface area contributed by atoms with Crippen molar-refractivity contribution in [2.75, 3.05) is 14.2 Å². The number of hydrogen-bond acceptors (Lipinski definition) is 6. The summed E-state index contributed by atoms with van der Waals surface area (Å²) < 4.78 is 17.4. The van der Waals surface area contributed by atoms with Gasteiger partial charge in [-0.25, -0.2) is 9.78 Å². The third-order valence-electron chi connectivity index (χ3n) is 4.87. The molecule has 0 unspecified atom stereocenters. The maximum absolute atomic E-state index is 12.9. The molecule has 0 bridgehead atoms. The highest BCUT2D eigenvalue weighted by atomic mass is 32.1. The monoisotopic (exact) mass is 419 g/mol. The summed E-state index contributed by atoms with van der Waals surface area (Å²) in [4.78, 5) is 17.6. The van der Waals surface area contributed by atoms with Crippen molar-refractivity contribution in [2.24, 2.45) is 0 Å². The van der Waals surface area contributed by atoms with Gasteiger partial charge in [-0.05, 0) is 48.4 Å². The Morgan fingerprint density at radius 2 is 1.67 bits per heavy atom. The van der Waals surface area contributed by atoms with Gasteiger partial charge in [0.05, 0.1) is 30.0 Å². The van der Waals surface area contributed by atoms with Crippen molar-refractivity contribution < 1.29 is 19.0 Å². The summed E-state index contributed by atoms with van der Waals surface area (Å²) in [5.74, 6) is 0.856. The van der Waals surface area contributed by atoms with Gasteiger partial charge in [0.15, 0.2) is 11.5 Å². The highest BCUT2D eigenvalue weighted by Crippen LogP contribution is 2.33. The standard InChI is InChI=1S/C24H21NO4S/c1-15-12-20(27-2)21(28-3)13-16(15)14-29-24(26)18-9-5-4-8-17(18)23-25-19-10-6-7-11-22(19)30-23/h4-13H,14H2,1-3H3. The largest absolute Gasteiger partial charge is 0.493 e. The number of carbonyl (C=O) groups is 1. The number of methoxy groups -OCH3 is 2. The highest BCUT2D eigenvalue weighted by molar-refractivity contribution is 7.21. The average Bonchev–Trinajstić information content (AvgIpc) is 3.22. The lowest BCUT2D eigenvalue weighted by atomic mass is 10.1. The molecule has 0 aliphatic rings. The molecular formula is C24H21NO4S. The Kier molecular flexibility index (Phi) is 5.68. The minimum absolute atomic E-state index is 0.138. The second-order valence-corrected chi connectivity index (χ2v) is 7.77. The zero-order valence-electron chi connectivity index (χ0n) is 17.0. The van der Waals surface area contributed by atoms with E-state index in [4.69, 9.17) is 14.2 Å². The number of carbonyl (C=O) groups excluding carboxylic acids is 1. The van der Waals surface area contributed by atoms with Crippen LogP contribution in [0.4, 0.5) is 0 Å². The van der Waals surface area contributed by atoms with Gasteiger partial charge in [-0.15, -0.1) is 11.3 Å². The molecule has 1 heterocycles. The van der Waals surface area contributed by atoms with E-state index in [0.717, 1.165) is 31.9 Å². The van der Waals surface area contributed by atoms with E-state index in [1.54, 1.807) is 31.6 Å². The lowest BCUT2D eigenvalue weighted by molar-refractivity contribution is 0.0472. The van der Waals surface area contributed by atoms with E-state index in [1.807, 2.05) is 61.5 Å². The van der Waals surface area contributed by atoms with E-state index in [0.29, 0.717) is 17.1 Å². The third kappa shape index (κ3) is 3.86. The molecule has 3 aromatic carbocycles. The zero-order valence-corrected chi connectivity index (χ0v) is 17.8. The first kappa shape index (κ1) is 19.9. The first-order valence-electron chi connectivity index (χ1n) is 9.44. The molecule has 0 atom stereocenters. The Balaban J connectivity index is 1.59. The second kappa shape index (κ2) is 8.55. The fraction of sp³-hybridized carbons (Fsp3) is 0.167. The number of nitrogens with zero attached hydrogens (tertiary/aromatic N) is 1. The first-order chi connectivity index (χ1) is 14.6. The van der Waals surface area contributed by atoms with Crippen LogP contribution in [-0.4, -0.2) is 25.2 Å². The number of para-hydroxylation sites is 1. The van der Waals surface area contributed by atoms with Crippen LogP contribution in [0.15, 0.2) is 60.7 Å². The van der Waals surface area contributed by atoms with Gasteiger partial charge in [0.2, 0.25) is 0 Å². The van der Waals surface area contributed by atoms with Crippen molar-refractivity contribution in [3.63, 3.8) is 0 Å². The fourth-order valence-electron chi connectivity index (χ4n) is 3.23. The summed E-state index contributed by atoms with van der Waals surface area (Å²) in [5.41, 5.74) is 4.00. The Morgan fingerprint density at radius 1 is 0.967 bits per heavy atom. The lowest BCUT2D eigenvalue weighted by Gasteiger charge is -2.13. The van der Waals surface area contributed by atoms with Gasteiger partial charge in [-0.1, -0.05) is 30.3 Å². The Hall–Kier alpha value is -3.38. The molecule has 4 rings (SSSR count). The summed E-state index contributed by atoms with van der Waals surface area (Å²) in [7, 11) is 3.17. The molecule has 0 radical (unpaired) electrons. The van der Waals surface area contributed by atoms with Crippen LogP contribution in [0, 0.1) is 6.92 Å². The lowest BCUT2D eigenvalue weighted by Crippen LogP contribution is -2.08. The molecule has 0 spiro atoms. The molecule has 0 saturated carbocycles. The van der Waals surface area contributed by atoms with Crippen LogP contribution in [0.3, 0.4) is 0 Å². The Bertz CT molecular complexity index is 1180. The predicted molar refractivity (Wildman–Crippen MR) is 118 cm³/mol. The second-order valence-electron chi connectivity index (χ2n) is 6.74. The van der Waals surface area contributed by atoms with Crippen LogP contribution in [0.25, 0.3) is 20.8 Å². The maximum Gasteiger partial charge on any atom is 0.339 e. The van der Waals surface area contributed by atoms with Gasteiger partial charge in [-0.3, -0.25) is 0 Å². The number of rotatable bonds is 6. The first-order valence-corrected chi connectivity index (χ1v) is 10.3. The molecule has 152 valence electrons. The SMILES string of the molecule is COc1cc(C)c(COC(=O)c2ccccc2-c2nc3ccccc3s2)cc1OC. The molecule has 1 aromatic heterocycles. The smallest absolute Gasteiger partial charge is 0.339 e. The quantitative estimate of drug-likeness (QED) is 0.378. The van der Waals surface area contributed by atoms with Gasteiger partial charge < -0.3 is 14.2 Å². The van der Waals surface area contributed by atoms with Gasteiger partial charge in [0.1, 0.15) is 11.6 Å². The molecule has 0 fully saturated rings. The minimum atomic E-state index is -0.390. The minimum Gasteiger partial charge on any atom is -0.493 e. The van der Waals surface area contributed by atoms with E-state index in [-0.39, 0.29) is 12.6 Å². The van der Waals surface area contributed by atoms with E-state index in [1.165, 1.54) is 0 Å². The van der Waals surface area contributed by atoms with Crippen LogP contribution in [0.2, 0.25) is 0 Å². The number of aryl methyl sites for hydroxylation is 1. The molecule has 30 heavy (non-hydrogen) atoms. The molecule has 5 nitrogen and oxygen atoms in total. The number of hydrogen-bond donors (Lipinski definition) is 0. The third-order valence-corrected chi connectivity index (χ3v) is 5.94. The molecule has 0 aliphatic heterocycles.